The standard InChI is InChI=1S/C15H12I2/c1-8-13-7-10(16)3-4-11(13)12-5-6-14(17)9(2)15(8)12/h3-8H,1-2H3. The van der Waals surface area contributed by atoms with Gasteiger partial charge >= 0.3 is 0 Å². The molecule has 0 radical (unpaired) electrons. The molecule has 1 atom stereocenters. The van der Waals surface area contributed by atoms with Gasteiger partial charge in [0.15, 0.2) is 0 Å². The van der Waals surface area contributed by atoms with Crippen molar-refractivity contribution in [3.8, 4) is 11.1 Å². The minimum absolute atomic E-state index is 0.532. The minimum Gasteiger partial charge on any atom is -0.0542 e. The molecule has 0 bridgehead atoms. The second-order valence-electron chi connectivity index (χ2n) is 4.59. The van der Waals surface area contributed by atoms with Crippen LogP contribution in [0, 0.1) is 14.1 Å². The molecule has 0 nitrogen and oxygen atoms in total. The molecule has 0 amide bonds. The molecule has 0 heterocycles. The first-order valence-corrected chi connectivity index (χ1v) is 7.84. The van der Waals surface area contributed by atoms with Gasteiger partial charge in [-0.25, -0.2) is 0 Å². The Bertz CT molecular complexity index is 615. The van der Waals surface area contributed by atoms with E-state index in [9.17, 15) is 0 Å². The molecule has 0 spiro atoms. The average molecular weight is 446 g/mol. The van der Waals surface area contributed by atoms with E-state index in [-0.39, 0.29) is 0 Å². The summed E-state index contributed by atoms with van der Waals surface area (Å²) in [5, 5.41) is 0. The van der Waals surface area contributed by atoms with Gasteiger partial charge < -0.3 is 0 Å². The second-order valence-corrected chi connectivity index (χ2v) is 6.99. The normalized spacial score (nSPS) is 16.8. The Morgan fingerprint density at radius 1 is 1.00 bits per heavy atom. The predicted octanol–water partition coefficient (Wildman–Crippen LogP) is 5.34. The van der Waals surface area contributed by atoms with Crippen molar-refractivity contribution in [2.75, 3.05) is 0 Å². The highest BCUT2D eigenvalue weighted by molar-refractivity contribution is 14.1. The lowest BCUT2D eigenvalue weighted by molar-refractivity contribution is 0.941. The van der Waals surface area contributed by atoms with Crippen LogP contribution in [-0.2, 0) is 0 Å². The number of rotatable bonds is 0. The highest BCUT2D eigenvalue weighted by Crippen LogP contribution is 2.47. The fraction of sp³-hybridized carbons (Fsp3) is 0.200. The van der Waals surface area contributed by atoms with Gasteiger partial charge in [-0.1, -0.05) is 19.1 Å². The first-order valence-electron chi connectivity index (χ1n) is 5.68. The zero-order chi connectivity index (χ0) is 12.2. The van der Waals surface area contributed by atoms with E-state index >= 15 is 0 Å². The van der Waals surface area contributed by atoms with E-state index in [1.54, 1.807) is 0 Å². The molecule has 1 aliphatic carbocycles. The summed E-state index contributed by atoms with van der Waals surface area (Å²) < 4.78 is 2.70. The molecule has 0 N–H and O–H groups in total. The van der Waals surface area contributed by atoms with Gasteiger partial charge in [0.25, 0.3) is 0 Å². The summed E-state index contributed by atoms with van der Waals surface area (Å²) in [5.74, 6) is 0.532. The number of halogens is 2. The van der Waals surface area contributed by atoms with Crippen LogP contribution in [0.5, 0.6) is 0 Å². The summed E-state index contributed by atoms with van der Waals surface area (Å²) in [7, 11) is 0. The van der Waals surface area contributed by atoms with E-state index in [0.717, 1.165) is 0 Å². The molecule has 1 unspecified atom stereocenters. The summed E-state index contributed by atoms with van der Waals surface area (Å²) in [4.78, 5) is 0. The summed E-state index contributed by atoms with van der Waals surface area (Å²) in [6.45, 7) is 4.57. The third-order valence-electron chi connectivity index (χ3n) is 3.65. The lowest BCUT2D eigenvalue weighted by atomic mass is 9.95. The number of benzene rings is 2. The van der Waals surface area contributed by atoms with Gasteiger partial charge in [-0.05, 0) is 98.1 Å². The topological polar surface area (TPSA) is 0 Å². The highest BCUT2D eigenvalue weighted by Gasteiger charge is 2.27. The zero-order valence-corrected chi connectivity index (χ0v) is 14.0. The van der Waals surface area contributed by atoms with E-state index in [0.29, 0.717) is 5.92 Å². The molecule has 0 aliphatic heterocycles. The Kier molecular flexibility index (Phi) is 2.97. The summed E-state index contributed by atoms with van der Waals surface area (Å²) in [5.41, 5.74) is 7.31. The van der Waals surface area contributed by atoms with Crippen molar-refractivity contribution < 1.29 is 0 Å². The van der Waals surface area contributed by atoms with Crippen LogP contribution in [-0.4, -0.2) is 0 Å². The Morgan fingerprint density at radius 3 is 2.47 bits per heavy atom. The molecule has 0 aromatic heterocycles. The molecule has 2 aromatic carbocycles. The van der Waals surface area contributed by atoms with Crippen LogP contribution in [0.2, 0.25) is 0 Å². The van der Waals surface area contributed by atoms with Crippen LogP contribution in [0.25, 0.3) is 11.1 Å². The van der Waals surface area contributed by atoms with E-state index in [1.807, 2.05) is 0 Å². The maximum Gasteiger partial charge on any atom is 0.0162 e. The third-order valence-corrected chi connectivity index (χ3v) is 5.49. The van der Waals surface area contributed by atoms with Crippen LogP contribution >= 0.6 is 45.2 Å². The van der Waals surface area contributed by atoms with Crippen LogP contribution in [0.3, 0.4) is 0 Å². The molecule has 2 aromatic rings. The Hall–Kier alpha value is -0.100. The zero-order valence-electron chi connectivity index (χ0n) is 9.72. The van der Waals surface area contributed by atoms with Gasteiger partial charge in [-0.2, -0.15) is 0 Å². The lowest BCUT2D eigenvalue weighted by Gasteiger charge is -2.11. The van der Waals surface area contributed by atoms with Gasteiger partial charge in [0.05, 0.1) is 0 Å². The smallest absolute Gasteiger partial charge is 0.0162 e. The molecule has 3 rings (SSSR count). The van der Waals surface area contributed by atoms with Gasteiger partial charge in [-0.15, -0.1) is 0 Å². The monoisotopic (exact) mass is 446 g/mol. The highest BCUT2D eigenvalue weighted by atomic mass is 127. The van der Waals surface area contributed by atoms with Crippen LogP contribution < -0.4 is 0 Å². The van der Waals surface area contributed by atoms with Crippen LogP contribution in [0.15, 0.2) is 30.3 Å². The van der Waals surface area contributed by atoms with Crippen LogP contribution in [0.4, 0.5) is 0 Å². The molecule has 2 heteroatoms. The van der Waals surface area contributed by atoms with E-state index < -0.39 is 0 Å². The summed E-state index contributed by atoms with van der Waals surface area (Å²) in [6, 6.07) is 11.3. The number of hydrogen-bond acceptors (Lipinski definition) is 0. The largest absolute Gasteiger partial charge is 0.0542 e. The molecular formula is C15H12I2. The summed E-state index contributed by atoms with van der Waals surface area (Å²) >= 11 is 4.83. The summed E-state index contributed by atoms with van der Waals surface area (Å²) in [6.07, 6.45) is 0. The molecule has 0 saturated heterocycles. The Balaban J connectivity index is 2.34. The fourth-order valence-electron chi connectivity index (χ4n) is 2.79. The lowest BCUT2D eigenvalue weighted by Crippen LogP contribution is -1.95. The molecule has 86 valence electrons. The first kappa shape index (κ1) is 12.0. The molecule has 17 heavy (non-hydrogen) atoms. The molecule has 0 fully saturated rings. The quantitative estimate of drug-likeness (QED) is 0.480. The van der Waals surface area contributed by atoms with Crippen molar-refractivity contribution in [2.24, 2.45) is 0 Å². The molecule has 1 aliphatic rings. The van der Waals surface area contributed by atoms with Gasteiger partial charge in [0.1, 0.15) is 0 Å². The van der Waals surface area contributed by atoms with Crippen molar-refractivity contribution in [2.45, 2.75) is 19.8 Å². The maximum atomic E-state index is 2.43. The SMILES string of the molecule is Cc1c(I)ccc2c1C(C)c1cc(I)ccc1-2. The van der Waals surface area contributed by atoms with E-state index in [4.69, 9.17) is 0 Å². The van der Waals surface area contributed by atoms with E-state index in [2.05, 4.69) is 89.4 Å². The van der Waals surface area contributed by atoms with Gasteiger partial charge in [0.2, 0.25) is 0 Å². The Labute approximate surface area is 129 Å². The second kappa shape index (κ2) is 4.23. The van der Waals surface area contributed by atoms with Crippen molar-refractivity contribution in [3.63, 3.8) is 0 Å². The predicted molar refractivity (Wildman–Crippen MR) is 89.6 cm³/mol. The van der Waals surface area contributed by atoms with Crippen molar-refractivity contribution in [3.05, 3.63) is 54.2 Å². The van der Waals surface area contributed by atoms with Crippen molar-refractivity contribution >= 4 is 45.2 Å². The number of fused-ring (bicyclic) bond motifs is 3. The minimum atomic E-state index is 0.532. The van der Waals surface area contributed by atoms with Crippen molar-refractivity contribution in [1.29, 1.82) is 0 Å². The van der Waals surface area contributed by atoms with Crippen molar-refractivity contribution in [1.82, 2.24) is 0 Å². The maximum absolute atomic E-state index is 2.43. The molecular weight excluding hydrogens is 434 g/mol. The van der Waals surface area contributed by atoms with Crippen LogP contribution in [0.1, 0.15) is 29.5 Å². The Morgan fingerprint density at radius 2 is 1.71 bits per heavy atom. The fourth-order valence-corrected chi connectivity index (χ4v) is 3.77. The first-order chi connectivity index (χ1) is 8.09. The number of hydrogen-bond donors (Lipinski definition) is 0. The van der Waals surface area contributed by atoms with E-state index in [1.165, 1.54) is 35.0 Å². The molecule has 0 saturated carbocycles. The van der Waals surface area contributed by atoms with Gasteiger partial charge in [-0.3, -0.25) is 0 Å². The average Bonchev–Trinajstić information content (AvgIpc) is 2.58. The third kappa shape index (κ3) is 1.75. The van der Waals surface area contributed by atoms with Gasteiger partial charge in [0, 0.05) is 13.1 Å².